The van der Waals surface area contributed by atoms with Gasteiger partial charge >= 0.3 is 0 Å². The van der Waals surface area contributed by atoms with Crippen molar-refractivity contribution in [3.05, 3.63) is 29.3 Å². The number of nitrogens with one attached hydrogen (secondary N) is 1. The quantitative estimate of drug-likeness (QED) is 0.783. The van der Waals surface area contributed by atoms with Crippen LogP contribution in [0.3, 0.4) is 0 Å². The van der Waals surface area contributed by atoms with E-state index in [2.05, 4.69) is 44.3 Å². The second kappa shape index (κ2) is 7.39. The molecule has 2 unspecified atom stereocenters. The second-order valence-corrected chi connectivity index (χ2v) is 4.75. The fraction of sp³-hybridized carbons (Fsp3) is 0.600. The van der Waals surface area contributed by atoms with E-state index in [4.69, 9.17) is 9.84 Å². The fourth-order valence-electron chi connectivity index (χ4n) is 2.18. The molecule has 1 rings (SSSR count). The SMILES string of the molecule is CCC(CCO)NC(C)c1ccc(C)cc1OC. The highest BCUT2D eigenvalue weighted by molar-refractivity contribution is 5.39. The highest BCUT2D eigenvalue weighted by Gasteiger charge is 2.15. The van der Waals surface area contributed by atoms with Gasteiger partial charge in [0, 0.05) is 24.3 Å². The molecule has 102 valence electrons. The van der Waals surface area contributed by atoms with E-state index >= 15 is 0 Å². The summed E-state index contributed by atoms with van der Waals surface area (Å²) in [5, 5.41) is 12.6. The number of rotatable bonds is 7. The lowest BCUT2D eigenvalue weighted by Crippen LogP contribution is -2.32. The molecule has 0 heterocycles. The molecule has 3 nitrogen and oxygen atoms in total. The summed E-state index contributed by atoms with van der Waals surface area (Å²) in [4.78, 5) is 0. The van der Waals surface area contributed by atoms with Gasteiger partial charge in [-0.3, -0.25) is 0 Å². The summed E-state index contributed by atoms with van der Waals surface area (Å²) in [7, 11) is 1.70. The summed E-state index contributed by atoms with van der Waals surface area (Å²) in [6, 6.07) is 6.83. The number of methoxy groups -OCH3 is 1. The third-order valence-electron chi connectivity index (χ3n) is 3.31. The molecule has 0 fully saturated rings. The van der Waals surface area contributed by atoms with E-state index in [-0.39, 0.29) is 12.6 Å². The molecule has 0 spiro atoms. The van der Waals surface area contributed by atoms with Gasteiger partial charge in [0.05, 0.1) is 7.11 Å². The number of aliphatic hydroxyl groups is 1. The summed E-state index contributed by atoms with van der Waals surface area (Å²) in [5.41, 5.74) is 2.37. The second-order valence-electron chi connectivity index (χ2n) is 4.75. The van der Waals surface area contributed by atoms with Crippen molar-refractivity contribution in [1.82, 2.24) is 5.32 Å². The van der Waals surface area contributed by atoms with Gasteiger partial charge in [-0.2, -0.15) is 0 Å². The summed E-state index contributed by atoms with van der Waals surface area (Å²) in [6.07, 6.45) is 1.80. The summed E-state index contributed by atoms with van der Waals surface area (Å²) in [6.45, 7) is 6.55. The van der Waals surface area contributed by atoms with Crippen LogP contribution in [0.1, 0.15) is 43.9 Å². The predicted molar refractivity (Wildman–Crippen MR) is 75.1 cm³/mol. The van der Waals surface area contributed by atoms with E-state index in [9.17, 15) is 0 Å². The van der Waals surface area contributed by atoms with Gasteiger partial charge in [0.25, 0.3) is 0 Å². The van der Waals surface area contributed by atoms with Crippen LogP contribution in [0.5, 0.6) is 5.75 Å². The van der Waals surface area contributed by atoms with Crippen molar-refractivity contribution in [3.8, 4) is 5.75 Å². The van der Waals surface area contributed by atoms with E-state index < -0.39 is 0 Å². The number of benzene rings is 1. The van der Waals surface area contributed by atoms with Crippen LogP contribution in [-0.2, 0) is 0 Å². The molecule has 18 heavy (non-hydrogen) atoms. The van der Waals surface area contributed by atoms with E-state index in [0.717, 1.165) is 18.6 Å². The summed E-state index contributed by atoms with van der Waals surface area (Å²) in [5.74, 6) is 0.925. The van der Waals surface area contributed by atoms with Gasteiger partial charge in [-0.15, -0.1) is 0 Å². The van der Waals surface area contributed by atoms with Crippen LogP contribution >= 0.6 is 0 Å². The predicted octanol–water partition coefficient (Wildman–Crippen LogP) is 2.82. The first-order chi connectivity index (χ1) is 8.62. The van der Waals surface area contributed by atoms with Crippen LogP contribution in [0.25, 0.3) is 0 Å². The van der Waals surface area contributed by atoms with Gasteiger partial charge in [-0.25, -0.2) is 0 Å². The van der Waals surface area contributed by atoms with Crippen LogP contribution in [0.4, 0.5) is 0 Å². The van der Waals surface area contributed by atoms with Crippen LogP contribution in [0.15, 0.2) is 18.2 Å². The zero-order valence-corrected chi connectivity index (χ0v) is 11.9. The number of aryl methyl sites for hydroxylation is 1. The normalized spacial score (nSPS) is 14.3. The zero-order chi connectivity index (χ0) is 13.5. The monoisotopic (exact) mass is 251 g/mol. The summed E-state index contributed by atoms with van der Waals surface area (Å²) < 4.78 is 5.43. The van der Waals surface area contributed by atoms with Gasteiger partial charge in [-0.05, 0) is 38.3 Å². The Morgan fingerprint density at radius 3 is 2.67 bits per heavy atom. The molecule has 0 aliphatic carbocycles. The van der Waals surface area contributed by atoms with Crippen molar-refractivity contribution in [1.29, 1.82) is 0 Å². The van der Waals surface area contributed by atoms with Crippen LogP contribution in [-0.4, -0.2) is 24.9 Å². The van der Waals surface area contributed by atoms with Crippen molar-refractivity contribution in [2.75, 3.05) is 13.7 Å². The average molecular weight is 251 g/mol. The molecule has 2 N–H and O–H groups in total. The van der Waals surface area contributed by atoms with Crippen molar-refractivity contribution in [3.63, 3.8) is 0 Å². The van der Waals surface area contributed by atoms with E-state index in [1.807, 2.05) is 0 Å². The molecule has 0 aliphatic rings. The minimum Gasteiger partial charge on any atom is -0.496 e. The maximum atomic E-state index is 9.02. The lowest BCUT2D eigenvalue weighted by Gasteiger charge is -2.23. The van der Waals surface area contributed by atoms with Crippen LogP contribution < -0.4 is 10.1 Å². The van der Waals surface area contributed by atoms with Gasteiger partial charge in [-0.1, -0.05) is 19.1 Å². The Bertz CT molecular complexity index is 366. The lowest BCUT2D eigenvalue weighted by atomic mass is 10.0. The molecule has 3 heteroatoms. The largest absolute Gasteiger partial charge is 0.496 e. The first-order valence-corrected chi connectivity index (χ1v) is 6.63. The number of hydrogen-bond acceptors (Lipinski definition) is 3. The minimum atomic E-state index is 0.219. The Balaban J connectivity index is 2.79. The number of ether oxygens (including phenoxy) is 1. The Kier molecular flexibility index (Phi) is 6.16. The van der Waals surface area contributed by atoms with Crippen LogP contribution in [0, 0.1) is 6.92 Å². The molecule has 0 saturated carbocycles. The maximum absolute atomic E-state index is 9.02. The topological polar surface area (TPSA) is 41.5 Å². The Labute approximate surface area is 110 Å². The lowest BCUT2D eigenvalue weighted by molar-refractivity contribution is 0.256. The average Bonchev–Trinajstić information content (AvgIpc) is 2.37. The van der Waals surface area contributed by atoms with Crippen LogP contribution in [0.2, 0.25) is 0 Å². The van der Waals surface area contributed by atoms with E-state index in [1.54, 1.807) is 7.11 Å². The van der Waals surface area contributed by atoms with Crippen molar-refractivity contribution in [2.45, 2.75) is 45.7 Å². The first-order valence-electron chi connectivity index (χ1n) is 6.63. The molecule has 0 radical (unpaired) electrons. The Morgan fingerprint density at radius 1 is 1.39 bits per heavy atom. The molecule has 0 saturated heterocycles. The zero-order valence-electron chi connectivity index (χ0n) is 11.9. The highest BCUT2D eigenvalue weighted by atomic mass is 16.5. The first kappa shape index (κ1) is 15.0. The molecule has 0 aliphatic heterocycles. The van der Waals surface area contributed by atoms with Gasteiger partial charge in [0.2, 0.25) is 0 Å². The Morgan fingerprint density at radius 2 is 2.11 bits per heavy atom. The third kappa shape index (κ3) is 4.00. The molecule has 1 aromatic carbocycles. The molecule has 0 bridgehead atoms. The molecular formula is C15H25NO2. The summed E-state index contributed by atoms with van der Waals surface area (Å²) >= 11 is 0. The molecular weight excluding hydrogens is 226 g/mol. The minimum absolute atomic E-state index is 0.219. The molecule has 0 amide bonds. The van der Waals surface area contributed by atoms with Crippen molar-refractivity contribution in [2.24, 2.45) is 0 Å². The van der Waals surface area contributed by atoms with E-state index in [0.29, 0.717) is 6.04 Å². The van der Waals surface area contributed by atoms with Gasteiger partial charge in [0.1, 0.15) is 5.75 Å². The van der Waals surface area contributed by atoms with Crippen molar-refractivity contribution >= 4 is 0 Å². The third-order valence-corrected chi connectivity index (χ3v) is 3.31. The molecule has 2 atom stereocenters. The maximum Gasteiger partial charge on any atom is 0.123 e. The standard InChI is InChI=1S/C15H25NO2/c1-5-13(8-9-17)16-12(3)14-7-6-11(2)10-15(14)18-4/h6-7,10,12-13,16-17H,5,8-9H2,1-4H3. The number of hydrogen-bond donors (Lipinski definition) is 2. The van der Waals surface area contributed by atoms with Gasteiger partial charge in [0.15, 0.2) is 0 Å². The Hall–Kier alpha value is -1.06. The molecule has 0 aromatic heterocycles. The van der Waals surface area contributed by atoms with E-state index in [1.165, 1.54) is 11.1 Å². The van der Waals surface area contributed by atoms with Crippen molar-refractivity contribution < 1.29 is 9.84 Å². The fourth-order valence-corrected chi connectivity index (χ4v) is 2.18. The highest BCUT2D eigenvalue weighted by Crippen LogP contribution is 2.26. The molecule has 1 aromatic rings. The smallest absolute Gasteiger partial charge is 0.123 e. The number of aliphatic hydroxyl groups excluding tert-OH is 1. The van der Waals surface area contributed by atoms with Gasteiger partial charge < -0.3 is 15.2 Å².